The molecule has 104 valence electrons. The second kappa shape index (κ2) is 5.35. The fraction of sp³-hybridized carbons (Fsp3) is 0.636. The molecule has 0 saturated heterocycles. The number of nitro groups is 1. The number of aliphatic hydroxyl groups is 1. The van der Waals surface area contributed by atoms with E-state index in [0.717, 1.165) is 38.3 Å². The van der Waals surface area contributed by atoms with Gasteiger partial charge in [0, 0.05) is 0 Å². The maximum atomic E-state index is 10.9. The van der Waals surface area contributed by atoms with E-state index in [9.17, 15) is 15.2 Å². The van der Waals surface area contributed by atoms with Crippen LogP contribution in [-0.2, 0) is 0 Å². The number of nitrogens with one attached hydrogen (secondary N) is 1. The number of nitrogen functional groups attached to an aromatic ring is 1. The van der Waals surface area contributed by atoms with E-state index in [4.69, 9.17) is 5.73 Å². The first-order valence-corrected chi connectivity index (χ1v) is 6.22. The molecule has 1 heterocycles. The molecule has 0 aliphatic heterocycles. The van der Waals surface area contributed by atoms with Gasteiger partial charge < -0.3 is 16.2 Å². The number of aliphatic hydroxyl groups excluding tert-OH is 1. The lowest BCUT2D eigenvalue weighted by molar-refractivity contribution is -0.384. The Labute approximate surface area is 110 Å². The Morgan fingerprint density at radius 3 is 2.74 bits per heavy atom. The van der Waals surface area contributed by atoms with Gasteiger partial charge in [-0.3, -0.25) is 10.1 Å². The van der Waals surface area contributed by atoms with Crippen LogP contribution in [0.2, 0.25) is 0 Å². The Balaban J connectivity index is 2.30. The van der Waals surface area contributed by atoms with Crippen molar-refractivity contribution in [3.8, 4) is 0 Å². The Hall–Kier alpha value is -1.96. The van der Waals surface area contributed by atoms with E-state index >= 15 is 0 Å². The SMILES string of the molecule is Nc1ncc([N+](=O)[O-])c(NC2(CO)CCCCC2)n1. The predicted molar refractivity (Wildman–Crippen MR) is 69.6 cm³/mol. The van der Waals surface area contributed by atoms with Crippen molar-refractivity contribution in [2.24, 2.45) is 0 Å². The van der Waals surface area contributed by atoms with Gasteiger partial charge in [-0.15, -0.1) is 0 Å². The average molecular weight is 267 g/mol. The van der Waals surface area contributed by atoms with Crippen LogP contribution in [0.1, 0.15) is 32.1 Å². The van der Waals surface area contributed by atoms with Crippen LogP contribution in [0.4, 0.5) is 17.5 Å². The second-order valence-electron chi connectivity index (χ2n) is 4.84. The molecule has 1 saturated carbocycles. The first-order valence-electron chi connectivity index (χ1n) is 6.22. The number of nitrogens with two attached hydrogens (primary N) is 1. The summed E-state index contributed by atoms with van der Waals surface area (Å²) in [6, 6.07) is 0. The summed E-state index contributed by atoms with van der Waals surface area (Å²) < 4.78 is 0. The van der Waals surface area contributed by atoms with Gasteiger partial charge in [0.1, 0.15) is 6.20 Å². The zero-order valence-corrected chi connectivity index (χ0v) is 10.5. The first kappa shape index (κ1) is 13.5. The number of aromatic nitrogens is 2. The van der Waals surface area contributed by atoms with Gasteiger partial charge in [0.2, 0.25) is 11.8 Å². The monoisotopic (exact) mass is 267 g/mol. The van der Waals surface area contributed by atoms with E-state index in [-0.39, 0.29) is 24.1 Å². The van der Waals surface area contributed by atoms with Crippen molar-refractivity contribution in [1.82, 2.24) is 9.97 Å². The standard InChI is InChI=1S/C11H17N5O3/c12-10-13-6-8(16(18)19)9(14-10)15-11(7-17)4-2-1-3-5-11/h6,17H,1-5,7H2,(H3,12,13,14,15). The van der Waals surface area contributed by atoms with Crippen LogP contribution in [0, 0.1) is 10.1 Å². The zero-order chi connectivity index (χ0) is 13.9. The molecule has 1 aromatic rings. The number of hydrogen-bond donors (Lipinski definition) is 3. The van der Waals surface area contributed by atoms with Crippen LogP contribution in [0.25, 0.3) is 0 Å². The summed E-state index contributed by atoms with van der Waals surface area (Å²) in [5.41, 5.74) is 4.69. The van der Waals surface area contributed by atoms with Crippen molar-refractivity contribution in [1.29, 1.82) is 0 Å². The molecule has 0 unspecified atom stereocenters. The van der Waals surface area contributed by atoms with Gasteiger partial charge in [-0.05, 0) is 12.8 Å². The number of nitrogens with zero attached hydrogens (tertiary/aromatic N) is 3. The minimum absolute atomic E-state index is 0.0306. The summed E-state index contributed by atoms with van der Waals surface area (Å²) >= 11 is 0. The molecule has 2 rings (SSSR count). The number of hydrogen-bond acceptors (Lipinski definition) is 7. The second-order valence-corrected chi connectivity index (χ2v) is 4.84. The third-order valence-electron chi connectivity index (χ3n) is 3.48. The van der Waals surface area contributed by atoms with Crippen LogP contribution < -0.4 is 11.1 Å². The van der Waals surface area contributed by atoms with E-state index in [1.54, 1.807) is 0 Å². The van der Waals surface area contributed by atoms with E-state index in [0.29, 0.717) is 0 Å². The van der Waals surface area contributed by atoms with Crippen molar-refractivity contribution < 1.29 is 10.0 Å². The minimum atomic E-state index is -0.560. The highest BCUT2D eigenvalue weighted by atomic mass is 16.6. The molecule has 4 N–H and O–H groups in total. The van der Waals surface area contributed by atoms with Crippen molar-refractivity contribution in [3.63, 3.8) is 0 Å². The van der Waals surface area contributed by atoms with E-state index in [1.165, 1.54) is 0 Å². The highest BCUT2D eigenvalue weighted by Crippen LogP contribution is 2.33. The zero-order valence-electron chi connectivity index (χ0n) is 10.5. The fourth-order valence-electron chi connectivity index (χ4n) is 2.42. The van der Waals surface area contributed by atoms with Crippen molar-refractivity contribution in [2.45, 2.75) is 37.6 Å². The van der Waals surface area contributed by atoms with Gasteiger partial charge in [0.25, 0.3) is 0 Å². The maximum absolute atomic E-state index is 10.9. The van der Waals surface area contributed by atoms with Crippen LogP contribution in [-0.4, -0.2) is 32.1 Å². The first-order chi connectivity index (χ1) is 9.06. The molecule has 0 atom stereocenters. The summed E-state index contributed by atoms with van der Waals surface area (Å²) in [7, 11) is 0. The van der Waals surface area contributed by atoms with Crippen LogP contribution in [0.5, 0.6) is 0 Å². The smallest absolute Gasteiger partial charge is 0.329 e. The molecule has 0 amide bonds. The molecule has 0 aromatic carbocycles. The molecule has 0 spiro atoms. The van der Waals surface area contributed by atoms with Gasteiger partial charge >= 0.3 is 5.69 Å². The molecule has 19 heavy (non-hydrogen) atoms. The van der Waals surface area contributed by atoms with Gasteiger partial charge in [-0.25, -0.2) is 4.98 Å². The lowest BCUT2D eigenvalue weighted by Gasteiger charge is -2.36. The van der Waals surface area contributed by atoms with Crippen molar-refractivity contribution in [2.75, 3.05) is 17.7 Å². The molecule has 1 aliphatic rings. The Morgan fingerprint density at radius 1 is 1.47 bits per heavy atom. The van der Waals surface area contributed by atoms with Gasteiger partial charge in [-0.2, -0.15) is 4.98 Å². The Bertz CT molecular complexity index is 473. The van der Waals surface area contributed by atoms with Gasteiger partial charge in [0.05, 0.1) is 17.1 Å². The lowest BCUT2D eigenvalue weighted by Crippen LogP contribution is -2.44. The van der Waals surface area contributed by atoms with Crippen LogP contribution in [0.15, 0.2) is 6.20 Å². The summed E-state index contributed by atoms with van der Waals surface area (Å²) in [6.45, 7) is -0.0892. The van der Waals surface area contributed by atoms with E-state index in [1.807, 2.05) is 0 Å². The van der Waals surface area contributed by atoms with E-state index in [2.05, 4.69) is 15.3 Å². The normalized spacial score (nSPS) is 17.9. The summed E-state index contributed by atoms with van der Waals surface area (Å²) in [5.74, 6) is 0.0467. The third kappa shape index (κ3) is 2.90. The Morgan fingerprint density at radius 2 is 2.16 bits per heavy atom. The molecular weight excluding hydrogens is 250 g/mol. The van der Waals surface area contributed by atoms with Crippen molar-refractivity contribution >= 4 is 17.5 Å². The van der Waals surface area contributed by atoms with Crippen molar-refractivity contribution in [3.05, 3.63) is 16.3 Å². The highest BCUT2D eigenvalue weighted by molar-refractivity contribution is 5.57. The summed E-state index contributed by atoms with van der Waals surface area (Å²) in [5, 5.41) is 23.6. The Kier molecular flexibility index (Phi) is 3.79. The predicted octanol–water partition coefficient (Wildman–Crippen LogP) is 1.07. The summed E-state index contributed by atoms with van der Waals surface area (Å²) in [4.78, 5) is 17.9. The van der Waals surface area contributed by atoms with Gasteiger partial charge in [-0.1, -0.05) is 19.3 Å². The van der Waals surface area contributed by atoms with Gasteiger partial charge in [0.15, 0.2) is 0 Å². The number of anilines is 2. The highest BCUT2D eigenvalue weighted by Gasteiger charge is 2.34. The fourth-order valence-corrected chi connectivity index (χ4v) is 2.42. The topological polar surface area (TPSA) is 127 Å². The molecule has 1 aromatic heterocycles. The van der Waals surface area contributed by atoms with Crippen LogP contribution in [0.3, 0.4) is 0 Å². The minimum Gasteiger partial charge on any atom is -0.394 e. The summed E-state index contributed by atoms with van der Waals surface area (Å²) in [6.07, 6.45) is 5.65. The largest absolute Gasteiger partial charge is 0.394 e. The average Bonchev–Trinajstić information content (AvgIpc) is 2.39. The molecular formula is C11H17N5O3. The lowest BCUT2D eigenvalue weighted by atomic mass is 9.82. The molecule has 0 bridgehead atoms. The van der Waals surface area contributed by atoms with Crippen LogP contribution >= 0.6 is 0 Å². The molecule has 8 nitrogen and oxygen atoms in total. The maximum Gasteiger partial charge on any atom is 0.329 e. The number of rotatable bonds is 4. The molecule has 0 radical (unpaired) electrons. The molecule has 8 heteroatoms. The quantitative estimate of drug-likeness (QED) is 0.550. The molecule has 1 aliphatic carbocycles. The van der Waals surface area contributed by atoms with E-state index < -0.39 is 10.5 Å². The third-order valence-corrected chi connectivity index (χ3v) is 3.48. The molecule has 1 fully saturated rings.